The fourth-order valence-corrected chi connectivity index (χ4v) is 2.04. The van der Waals surface area contributed by atoms with E-state index in [-0.39, 0.29) is 0 Å². The van der Waals surface area contributed by atoms with Gasteiger partial charge in [-0.05, 0) is 44.4 Å². The van der Waals surface area contributed by atoms with Crippen LogP contribution in [0.1, 0.15) is 25.7 Å². The molecule has 0 atom stereocenters. The van der Waals surface area contributed by atoms with Crippen LogP contribution in [0.5, 0.6) is 5.75 Å². The summed E-state index contributed by atoms with van der Waals surface area (Å²) in [5.74, 6) is 2.90. The first kappa shape index (κ1) is 13.1. The number of hydrogen-bond acceptors (Lipinski definition) is 5. The molecule has 3 rings (SSSR count). The average Bonchev–Trinajstić information content (AvgIpc) is 3.16. The molecule has 5 nitrogen and oxygen atoms in total. The lowest BCUT2D eigenvalue weighted by Crippen LogP contribution is -2.16. The summed E-state index contributed by atoms with van der Waals surface area (Å²) in [6.45, 7) is 4.28. The first-order valence-corrected chi connectivity index (χ1v) is 7.11. The van der Waals surface area contributed by atoms with E-state index in [1.54, 1.807) is 0 Å². The molecule has 1 aromatic heterocycles. The minimum absolute atomic E-state index is 0.606. The Bertz CT molecular complexity index is 564. The summed E-state index contributed by atoms with van der Waals surface area (Å²) in [6.07, 6.45) is 2.68. The summed E-state index contributed by atoms with van der Waals surface area (Å²) >= 11 is 0. The van der Waals surface area contributed by atoms with Gasteiger partial charge in [0.2, 0.25) is 11.7 Å². The monoisotopic (exact) mass is 273 g/mol. The highest BCUT2D eigenvalue weighted by Gasteiger charge is 2.20. The SMILES string of the molecule is CCOc1cccc(-c2noc(CNCC3CC3)n2)c1. The highest BCUT2D eigenvalue weighted by molar-refractivity contribution is 5.56. The number of benzene rings is 1. The summed E-state index contributed by atoms with van der Waals surface area (Å²) in [5, 5.41) is 7.36. The van der Waals surface area contributed by atoms with Crippen molar-refractivity contribution >= 4 is 0 Å². The topological polar surface area (TPSA) is 60.2 Å². The van der Waals surface area contributed by atoms with E-state index in [1.165, 1.54) is 12.8 Å². The van der Waals surface area contributed by atoms with Gasteiger partial charge in [-0.15, -0.1) is 0 Å². The van der Waals surface area contributed by atoms with Crippen LogP contribution in [-0.4, -0.2) is 23.3 Å². The molecular weight excluding hydrogens is 254 g/mol. The molecule has 1 heterocycles. The van der Waals surface area contributed by atoms with Gasteiger partial charge >= 0.3 is 0 Å². The van der Waals surface area contributed by atoms with E-state index in [9.17, 15) is 0 Å². The number of hydrogen-bond donors (Lipinski definition) is 1. The predicted molar refractivity (Wildman–Crippen MR) is 75.3 cm³/mol. The van der Waals surface area contributed by atoms with E-state index in [0.29, 0.717) is 24.9 Å². The smallest absolute Gasteiger partial charge is 0.240 e. The maximum atomic E-state index is 5.47. The molecule has 2 aromatic rings. The molecule has 1 aliphatic carbocycles. The van der Waals surface area contributed by atoms with Crippen LogP contribution in [0.4, 0.5) is 0 Å². The number of nitrogens with zero attached hydrogens (tertiary/aromatic N) is 2. The molecule has 1 saturated carbocycles. The Morgan fingerprint density at radius 2 is 2.30 bits per heavy atom. The molecule has 0 spiro atoms. The summed E-state index contributed by atoms with van der Waals surface area (Å²) in [7, 11) is 0. The van der Waals surface area contributed by atoms with E-state index in [4.69, 9.17) is 9.26 Å². The second-order valence-electron chi connectivity index (χ2n) is 5.05. The number of aromatic nitrogens is 2. The Morgan fingerprint density at radius 1 is 1.40 bits per heavy atom. The van der Waals surface area contributed by atoms with Gasteiger partial charge in [0.05, 0.1) is 13.2 Å². The van der Waals surface area contributed by atoms with E-state index in [0.717, 1.165) is 23.8 Å². The van der Waals surface area contributed by atoms with Crippen molar-refractivity contribution in [3.05, 3.63) is 30.2 Å². The molecule has 1 aliphatic rings. The molecule has 0 bridgehead atoms. The maximum Gasteiger partial charge on any atom is 0.240 e. The van der Waals surface area contributed by atoms with Gasteiger partial charge in [0, 0.05) is 5.56 Å². The first-order valence-electron chi connectivity index (χ1n) is 7.11. The number of nitrogens with one attached hydrogen (secondary N) is 1. The summed E-state index contributed by atoms with van der Waals surface area (Å²) < 4.78 is 10.7. The molecule has 20 heavy (non-hydrogen) atoms. The molecule has 1 aromatic carbocycles. The van der Waals surface area contributed by atoms with Crippen molar-refractivity contribution in [1.29, 1.82) is 0 Å². The zero-order valence-electron chi connectivity index (χ0n) is 11.6. The molecule has 0 aliphatic heterocycles. The summed E-state index contributed by atoms with van der Waals surface area (Å²) in [5.41, 5.74) is 0.910. The van der Waals surface area contributed by atoms with Crippen molar-refractivity contribution in [3.8, 4) is 17.1 Å². The third-order valence-electron chi connectivity index (χ3n) is 3.28. The van der Waals surface area contributed by atoms with Crippen LogP contribution >= 0.6 is 0 Å². The molecule has 1 N–H and O–H groups in total. The lowest BCUT2D eigenvalue weighted by molar-refractivity contribution is 0.340. The van der Waals surface area contributed by atoms with Crippen molar-refractivity contribution in [1.82, 2.24) is 15.5 Å². The van der Waals surface area contributed by atoms with Crippen LogP contribution in [0.15, 0.2) is 28.8 Å². The number of rotatable bonds is 7. The van der Waals surface area contributed by atoms with Crippen molar-refractivity contribution in [2.45, 2.75) is 26.3 Å². The molecule has 1 fully saturated rings. The first-order chi connectivity index (χ1) is 9.85. The van der Waals surface area contributed by atoms with Gasteiger partial charge in [-0.1, -0.05) is 17.3 Å². The van der Waals surface area contributed by atoms with Crippen LogP contribution < -0.4 is 10.1 Å². The van der Waals surface area contributed by atoms with Crippen molar-refractivity contribution in [2.24, 2.45) is 5.92 Å². The quantitative estimate of drug-likeness (QED) is 0.840. The molecule has 0 saturated heterocycles. The van der Waals surface area contributed by atoms with Gasteiger partial charge in [-0.2, -0.15) is 4.98 Å². The van der Waals surface area contributed by atoms with Gasteiger partial charge in [0.15, 0.2) is 0 Å². The molecular formula is C15H19N3O2. The Balaban J connectivity index is 1.63. The minimum atomic E-state index is 0.606. The third-order valence-corrected chi connectivity index (χ3v) is 3.28. The van der Waals surface area contributed by atoms with Crippen LogP contribution in [-0.2, 0) is 6.54 Å². The third kappa shape index (κ3) is 3.36. The highest BCUT2D eigenvalue weighted by atomic mass is 16.5. The standard InChI is InChI=1S/C15H19N3O2/c1-2-19-13-5-3-4-12(8-13)15-17-14(20-18-15)10-16-9-11-6-7-11/h3-5,8,11,16H,2,6-7,9-10H2,1H3. The lowest BCUT2D eigenvalue weighted by atomic mass is 10.2. The van der Waals surface area contributed by atoms with Crippen LogP contribution in [0.2, 0.25) is 0 Å². The van der Waals surface area contributed by atoms with Gasteiger partial charge < -0.3 is 14.6 Å². The summed E-state index contributed by atoms with van der Waals surface area (Å²) in [6, 6.07) is 7.73. The molecule has 0 radical (unpaired) electrons. The Morgan fingerprint density at radius 3 is 3.10 bits per heavy atom. The normalized spacial score (nSPS) is 14.4. The Labute approximate surface area is 118 Å². The zero-order valence-corrected chi connectivity index (χ0v) is 11.6. The van der Waals surface area contributed by atoms with Gasteiger partial charge in [-0.25, -0.2) is 0 Å². The van der Waals surface area contributed by atoms with Crippen LogP contribution in [0.25, 0.3) is 11.4 Å². The summed E-state index contributed by atoms with van der Waals surface area (Å²) in [4.78, 5) is 4.40. The lowest BCUT2D eigenvalue weighted by Gasteiger charge is -2.03. The minimum Gasteiger partial charge on any atom is -0.494 e. The molecule has 0 amide bonds. The predicted octanol–water partition coefficient (Wildman–Crippen LogP) is 2.63. The zero-order chi connectivity index (χ0) is 13.8. The molecule has 106 valence electrons. The second-order valence-corrected chi connectivity index (χ2v) is 5.05. The largest absolute Gasteiger partial charge is 0.494 e. The average molecular weight is 273 g/mol. The van der Waals surface area contributed by atoms with Crippen molar-refractivity contribution in [2.75, 3.05) is 13.2 Å². The van der Waals surface area contributed by atoms with E-state index >= 15 is 0 Å². The Kier molecular flexibility index (Phi) is 3.97. The van der Waals surface area contributed by atoms with Crippen LogP contribution in [0.3, 0.4) is 0 Å². The van der Waals surface area contributed by atoms with Crippen molar-refractivity contribution < 1.29 is 9.26 Å². The highest BCUT2D eigenvalue weighted by Crippen LogP contribution is 2.27. The fraction of sp³-hybridized carbons (Fsp3) is 0.467. The fourth-order valence-electron chi connectivity index (χ4n) is 2.04. The maximum absolute atomic E-state index is 5.47. The number of ether oxygens (including phenoxy) is 1. The van der Waals surface area contributed by atoms with E-state index in [2.05, 4.69) is 15.5 Å². The van der Waals surface area contributed by atoms with Crippen molar-refractivity contribution in [3.63, 3.8) is 0 Å². The molecule has 0 unspecified atom stereocenters. The van der Waals surface area contributed by atoms with Gasteiger partial charge in [0.1, 0.15) is 5.75 Å². The van der Waals surface area contributed by atoms with Gasteiger partial charge in [-0.3, -0.25) is 0 Å². The van der Waals surface area contributed by atoms with E-state index < -0.39 is 0 Å². The van der Waals surface area contributed by atoms with Crippen LogP contribution in [0, 0.1) is 5.92 Å². The second kappa shape index (κ2) is 6.05. The van der Waals surface area contributed by atoms with E-state index in [1.807, 2.05) is 31.2 Å². The molecule has 5 heteroatoms. The Hall–Kier alpha value is -1.88. The van der Waals surface area contributed by atoms with Gasteiger partial charge in [0.25, 0.3) is 0 Å².